The highest BCUT2D eigenvalue weighted by Crippen LogP contribution is 2.12. The zero-order valence-corrected chi connectivity index (χ0v) is 10.7. The van der Waals surface area contributed by atoms with E-state index in [4.69, 9.17) is 0 Å². The molecule has 0 aromatic heterocycles. The first-order valence-electron chi connectivity index (χ1n) is 5.62. The van der Waals surface area contributed by atoms with Gasteiger partial charge < -0.3 is 0 Å². The maximum absolute atomic E-state index is 11.5. The fourth-order valence-electron chi connectivity index (χ4n) is 1.53. The largest absolute Gasteiger partial charge is 0.240 e. The van der Waals surface area contributed by atoms with Gasteiger partial charge in [0.25, 0.3) is 0 Å². The van der Waals surface area contributed by atoms with Gasteiger partial charge in [-0.3, -0.25) is 0 Å². The number of benzene rings is 1. The molecule has 1 rings (SSSR count). The van der Waals surface area contributed by atoms with Crippen LogP contribution < -0.4 is 4.72 Å². The van der Waals surface area contributed by atoms with Crippen LogP contribution in [0, 0.1) is 0 Å². The summed E-state index contributed by atoms with van der Waals surface area (Å²) in [6, 6.07) is 7.10. The molecule has 1 aromatic carbocycles. The Bertz CT molecular complexity index is 409. The van der Waals surface area contributed by atoms with Crippen molar-refractivity contribution in [2.45, 2.75) is 37.5 Å². The second-order valence-corrected chi connectivity index (χ2v) is 5.70. The van der Waals surface area contributed by atoms with Crippen molar-refractivity contribution in [2.24, 2.45) is 0 Å². The number of rotatable bonds is 6. The van der Waals surface area contributed by atoms with Crippen LogP contribution in [0.1, 0.15) is 31.7 Å². The molecular weight excluding hydrogens is 222 g/mol. The Morgan fingerprint density at radius 1 is 1.12 bits per heavy atom. The Hall–Kier alpha value is -0.870. The molecule has 4 heteroatoms. The first-order chi connectivity index (χ1) is 7.60. The summed E-state index contributed by atoms with van der Waals surface area (Å²) in [5.74, 6) is 0. The quantitative estimate of drug-likeness (QED) is 0.777. The van der Waals surface area contributed by atoms with Gasteiger partial charge in [0, 0.05) is 0 Å². The Labute approximate surface area is 97.9 Å². The predicted octanol–water partition coefficient (Wildman–Crippen LogP) is 2.33. The molecule has 0 bridgehead atoms. The number of nitrogens with one attached hydrogen (secondary N) is 1. The minimum Gasteiger partial charge on any atom is -0.214 e. The number of aryl methyl sites for hydroxylation is 1. The van der Waals surface area contributed by atoms with Crippen molar-refractivity contribution in [3.63, 3.8) is 0 Å². The first kappa shape index (κ1) is 13.2. The van der Waals surface area contributed by atoms with Crippen LogP contribution in [0.2, 0.25) is 0 Å². The number of unbranched alkanes of at least 4 members (excludes halogenated alkanes) is 2. The van der Waals surface area contributed by atoms with Gasteiger partial charge in [-0.25, -0.2) is 13.1 Å². The number of hydrogen-bond donors (Lipinski definition) is 1. The lowest BCUT2D eigenvalue weighted by Crippen LogP contribution is -2.18. The molecule has 0 saturated heterocycles. The van der Waals surface area contributed by atoms with Crippen molar-refractivity contribution in [1.29, 1.82) is 0 Å². The summed E-state index contributed by atoms with van der Waals surface area (Å²) in [4.78, 5) is 0.328. The third-order valence-corrected chi connectivity index (χ3v) is 4.00. The molecule has 0 heterocycles. The summed E-state index contributed by atoms with van der Waals surface area (Å²) in [5.41, 5.74) is 1.20. The molecule has 0 amide bonds. The van der Waals surface area contributed by atoms with Crippen molar-refractivity contribution in [3.05, 3.63) is 29.8 Å². The molecule has 0 unspecified atom stereocenters. The lowest BCUT2D eigenvalue weighted by atomic mass is 10.1. The van der Waals surface area contributed by atoms with Gasteiger partial charge in [0.05, 0.1) is 4.90 Å². The van der Waals surface area contributed by atoms with Crippen LogP contribution in [0.5, 0.6) is 0 Å². The summed E-state index contributed by atoms with van der Waals surface area (Å²) in [7, 11) is -1.87. The molecule has 16 heavy (non-hydrogen) atoms. The van der Waals surface area contributed by atoms with Gasteiger partial charge in [-0.1, -0.05) is 31.9 Å². The summed E-state index contributed by atoms with van der Waals surface area (Å²) < 4.78 is 25.2. The van der Waals surface area contributed by atoms with Gasteiger partial charge in [-0.2, -0.15) is 0 Å². The van der Waals surface area contributed by atoms with Crippen molar-refractivity contribution < 1.29 is 8.42 Å². The predicted molar refractivity (Wildman–Crippen MR) is 65.9 cm³/mol. The van der Waals surface area contributed by atoms with Crippen molar-refractivity contribution in [3.8, 4) is 0 Å². The topological polar surface area (TPSA) is 46.2 Å². The lowest BCUT2D eigenvalue weighted by molar-refractivity contribution is 0.588. The van der Waals surface area contributed by atoms with E-state index in [1.165, 1.54) is 25.5 Å². The van der Waals surface area contributed by atoms with Crippen LogP contribution in [-0.2, 0) is 16.4 Å². The number of hydrogen-bond acceptors (Lipinski definition) is 2. The normalized spacial score (nSPS) is 11.6. The van der Waals surface area contributed by atoms with E-state index in [2.05, 4.69) is 11.6 Å². The zero-order chi connectivity index (χ0) is 12.0. The average molecular weight is 241 g/mol. The summed E-state index contributed by atoms with van der Waals surface area (Å²) >= 11 is 0. The van der Waals surface area contributed by atoms with Crippen LogP contribution in [0.15, 0.2) is 29.2 Å². The molecule has 0 aliphatic heterocycles. The molecule has 0 spiro atoms. The average Bonchev–Trinajstić information content (AvgIpc) is 2.30. The maximum Gasteiger partial charge on any atom is 0.240 e. The summed E-state index contributed by atoms with van der Waals surface area (Å²) in [6.07, 6.45) is 4.60. The Morgan fingerprint density at radius 2 is 1.75 bits per heavy atom. The summed E-state index contributed by atoms with van der Waals surface area (Å²) in [5, 5.41) is 0. The minimum atomic E-state index is -3.29. The third kappa shape index (κ3) is 3.61. The second kappa shape index (κ2) is 6.01. The first-order valence-corrected chi connectivity index (χ1v) is 7.11. The van der Waals surface area contributed by atoms with Crippen molar-refractivity contribution in [1.82, 2.24) is 4.72 Å². The maximum atomic E-state index is 11.5. The van der Waals surface area contributed by atoms with E-state index in [1.807, 2.05) is 12.1 Å². The van der Waals surface area contributed by atoms with Crippen LogP contribution in [0.3, 0.4) is 0 Å². The highest BCUT2D eigenvalue weighted by atomic mass is 32.2. The van der Waals surface area contributed by atoms with E-state index in [9.17, 15) is 8.42 Å². The second-order valence-electron chi connectivity index (χ2n) is 3.81. The SMILES string of the molecule is CCCCCc1ccc(S(=O)(=O)NC)cc1. The molecule has 1 aromatic rings. The molecule has 0 aliphatic rings. The van der Waals surface area contributed by atoms with E-state index >= 15 is 0 Å². The number of sulfonamides is 1. The Balaban J connectivity index is 2.68. The molecule has 0 atom stereocenters. The van der Waals surface area contributed by atoms with Gasteiger partial charge in [-0.05, 0) is 37.6 Å². The van der Waals surface area contributed by atoms with Crippen molar-refractivity contribution in [2.75, 3.05) is 7.05 Å². The lowest BCUT2D eigenvalue weighted by Gasteiger charge is -2.04. The van der Waals surface area contributed by atoms with E-state index in [-0.39, 0.29) is 0 Å². The molecule has 3 nitrogen and oxygen atoms in total. The van der Waals surface area contributed by atoms with Crippen LogP contribution in [-0.4, -0.2) is 15.5 Å². The molecule has 90 valence electrons. The summed E-state index contributed by atoms with van der Waals surface area (Å²) in [6.45, 7) is 2.17. The monoisotopic (exact) mass is 241 g/mol. The van der Waals surface area contributed by atoms with E-state index in [0.717, 1.165) is 12.8 Å². The van der Waals surface area contributed by atoms with Gasteiger partial charge in [0.15, 0.2) is 0 Å². The fourth-order valence-corrected chi connectivity index (χ4v) is 2.26. The van der Waals surface area contributed by atoms with E-state index in [1.54, 1.807) is 12.1 Å². The van der Waals surface area contributed by atoms with Gasteiger partial charge in [0.1, 0.15) is 0 Å². The van der Waals surface area contributed by atoms with Gasteiger partial charge in [0.2, 0.25) is 10.0 Å². The van der Waals surface area contributed by atoms with E-state index in [0.29, 0.717) is 4.90 Å². The zero-order valence-electron chi connectivity index (χ0n) is 9.86. The van der Waals surface area contributed by atoms with Crippen molar-refractivity contribution >= 4 is 10.0 Å². The fraction of sp³-hybridized carbons (Fsp3) is 0.500. The molecule has 1 N–H and O–H groups in total. The molecule has 0 radical (unpaired) electrons. The van der Waals surface area contributed by atoms with E-state index < -0.39 is 10.0 Å². The minimum absolute atomic E-state index is 0.328. The molecule has 0 saturated carbocycles. The van der Waals surface area contributed by atoms with Crippen LogP contribution in [0.4, 0.5) is 0 Å². The highest BCUT2D eigenvalue weighted by molar-refractivity contribution is 7.89. The molecule has 0 fully saturated rings. The Kier molecular flexibility index (Phi) is 4.96. The third-order valence-electron chi connectivity index (χ3n) is 2.57. The Morgan fingerprint density at radius 3 is 2.25 bits per heavy atom. The van der Waals surface area contributed by atoms with Gasteiger partial charge in [-0.15, -0.1) is 0 Å². The molecule has 0 aliphatic carbocycles. The van der Waals surface area contributed by atoms with Gasteiger partial charge >= 0.3 is 0 Å². The molecular formula is C12H19NO2S. The smallest absolute Gasteiger partial charge is 0.214 e. The van der Waals surface area contributed by atoms with Crippen LogP contribution >= 0.6 is 0 Å². The van der Waals surface area contributed by atoms with Crippen LogP contribution in [0.25, 0.3) is 0 Å². The highest BCUT2D eigenvalue weighted by Gasteiger charge is 2.09. The standard InChI is InChI=1S/C12H19NO2S/c1-3-4-5-6-11-7-9-12(10-8-11)16(14,15)13-2/h7-10,13H,3-6H2,1-2H3.